The van der Waals surface area contributed by atoms with E-state index in [0.29, 0.717) is 17.1 Å². The molecule has 11 heteroatoms. The predicted molar refractivity (Wildman–Crippen MR) is 110 cm³/mol. The smallest absolute Gasteiger partial charge is 0.247 e. The summed E-state index contributed by atoms with van der Waals surface area (Å²) in [6.07, 6.45) is 6.78. The lowest BCUT2D eigenvalue weighted by molar-refractivity contribution is -0.111. The third-order valence-corrected chi connectivity index (χ3v) is 4.79. The molecule has 3 N–H and O–H groups in total. The minimum absolute atomic E-state index is 0.0604. The van der Waals surface area contributed by atoms with Crippen molar-refractivity contribution in [2.75, 3.05) is 22.2 Å². The molecule has 150 valence electrons. The van der Waals surface area contributed by atoms with E-state index in [1.54, 1.807) is 48.4 Å². The van der Waals surface area contributed by atoms with Gasteiger partial charge in [0.05, 0.1) is 18.1 Å². The van der Waals surface area contributed by atoms with Crippen molar-refractivity contribution in [3.05, 3.63) is 55.5 Å². The molecule has 0 aliphatic heterocycles. The van der Waals surface area contributed by atoms with Gasteiger partial charge in [-0.25, -0.2) is 13.4 Å². The van der Waals surface area contributed by atoms with Crippen molar-refractivity contribution in [2.45, 2.75) is 4.90 Å². The first kappa shape index (κ1) is 20.0. The van der Waals surface area contributed by atoms with E-state index < -0.39 is 9.84 Å². The first-order valence-corrected chi connectivity index (χ1v) is 10.3. The van der Waals surface area contributed by atoms with E-state index in [1.807, 2.05) is 0 Å². The van der Waals surface area contributed by atoms with Crippen LogP contribution in [0.15, 0.2) is 60.4 Å². The molecule has 1 amide bonds. The zero-order valence-corrected chi connectivity index (χ0v) is 16.6. The molecule has 0 aliphatic rings. The number of rotatable bonds is 7. The number of nitrogens with one attached hydrogen (secondary N) is 3. The minimum Gasteiger partial charge on any atom is -0.339 e. The molecule has 0 saturated carbocycles. The molecule has 0 aliphatic carbocycles. The van der Waals surface area contributed by atoms with Gasteiger partial charge in [-0.15, -0.1) is 0 Å². The third-order valence-electron chi connectivity index (χ3n) is 3.69. The van der Waals surface area contributed by atoms with Crippen molar-refractivity contribution in [3.8, 4) is 0 Å². The molecule has 10 nitrogen and oxygen atoms in total. The Balaban J connectivity index is 1.93. The molecule has 0 fully saturated rings. The van der Waals surface area contributed by atoms with Crippen LogP contribution in [-0.4, -0.2) is 40.3 Å². The number of anilines is 5. The van der Waals surface area contributed by atoms with Crippen LogP contribution in [0.3, 0.4) is 0 Å². The number of aryl methyl sites for hydroxylation is 1. The van der Waals surface area contributed by atoms with E-state index in [1.165, 1.54) is 6.20 Å². The van der Waals surface area contributed by atoms with E-state index in [4.69, 9.17) is 0 Å². The number of hydrogen-bond donors (Lipinski definition) is 3. The van der Waals surface area contributed by atoms with Gasteiger partial charge in [0, 0.05) is 30.9 Å². The highest BCUT2D eigenvalue weighted by Gasteiger charge is 2.17. The maximum atomic E-state index is 12.1. The van der Waals surface area contributed by atoms with Crippen molar-refractivity contribution >= 4 is 44.6 Å². The Labute approximate surface area is 167 Å². The maximum absolute atomic E-state index is 12.1. The highest BCUT2D eigenvalue weighted by Crippen LogP contribution is 2.26. The van der Waals surface area contributed by atoms with E-state index >= 15 is 0 Å². The number of hydrogen-bond acceptors (Lipinski definition) is 8. The second-order valence-electron chi connectivity index (χ2n) is 6.11. The van der Waals surface area contributed by atoms with Crippen molar-refractivity contribution in [3.63, 3.8) is 0 Å². The molecule has 0 bridgehead atoms. The van der Waals surface area contributed by atoms with Crippen LogP contribution < -0.4 is 16.0 Å². The summed E-state index contributed by atoms with van der Waals surface area (Å²) in [7, 11) is -1.82. The largest absolute Gasteiger partial charge is 0.339 e. The summed E-state index contributed by atoms with van der Waals surface area (Å²) < 4.78 is 25.9. The van der Waals surface area contributed by atoms with Gasteiger partial charge in [-0.2, -0.15) is 10.1 Å². The fraction of sp³-hybridized carbons (Fsp3) is 0.111. The Morgan fingerprint density at radius 2 is 1.93 bits per heavy atom. The summed E-state index contributed by atoms with van der Waals surface area (Å²) in [5, 5.41) is 12.6. The van der Waals surface area contributed by atoms with Crippen LogP contribution >= 0.6 is 0 Å². The predicted octanol–water partition coefficient (Wildman–Crippen LogP) is 2.23. The van der Waals surface area contributed by atoms with Crippen LogP contribution in [0.2, 0.25) is 0 Å². The summed E-state index contributed by atoms with van der Waals surface area (Å²) in [6.45, 7) is 3.41. The van der Waals surface area contributed by atoms with E-state index in [9.17, 15) is 13.2 Å². The molecule has 0 unspecified atom stereocenters. The molecular weight excluding hydrogens is 394 g/mol. The molecule has 29 heavy (non-hydrogen) atoms. The lowest BCUT2D eigenvalue weighted by Gasteiger charge is -2.12. The van der Waals surface area contributed by atoms with E-state index in [2.05, 4.69) is 37.6 Å². The fourth-order valence-corrected chi connectivity index (χ4v) is 3.10. The van der Waals surface area contributed by atoms with Crippen LogP contribution in [0, 0.1) is 0 Å². The quantitative estimate of drug-likeness (QED) is 0.503. The van der Waals surface area contributed by atoms with Gasteiger partial charge in [-0.05, 0) is 24.3 Å². The Kier molecular flexibility index (Phi) is 5.59. The number of carbonyl (C=O) groups is 1. The normalized spacial score (nSPS) is 11.0. The Morgan fingerprint density at radius 3 is 2.59 bits per heavy atom. The average Bonchev–Trinajstić information content (AvgIpc) is 3.06. The van der Waals surface area contributed by atoms with Crippen molar-refractivity contribution < 1.29 is 13.2 Å². The van der Waals surface area contributed by atoms with Gasteiger partial charge in [0.2, 0.25) is 11.9 Å². The molecule has 3 rings (SSSR count). The molecule has 2 heterocycles. The molecule has 0 spiro atoms. The second-order valence-corrected chi connectivity index (χ2v) is 8.09. The second kappa shape index (κ2) is 8.10. The average molecular weight is 413 g/mol. The van der Waals surface area contributed by atoms with Crippen LogP contribution in [0.1, 0.15) is 0 Å². The van der Waals surface area contributed by atoms with Gasteiger partial charge in [0.1, 0.15) is 4.90 Å². The number of aromatic nitrogens is 4. The van der Waals surface area contributed by atoms with Crippen LogP contribution in [0.4, 0.5) is 28.8 Å². The molecular formula is C18H19N7O3S. The molecule has 2 aromatic heterocycles. The standard InChI is InChI=1S/C18H19N7O3S/c1-4-16(26)21-12-6-5-7-13(8-12)22-17-15(29(3,27)28)10-19-18(24-17)23-14-9-20-25(2)11-14/h4-11H,1H2,2-3H3,(H,21,26)(H2,19,22,23,24). The number of amides is 1. The first-order valence-electron chi connectivity index (χ1n) is 8.38. The summed E-state index contributed by atoms with van der Waals surface area (Å²) in [6, 6.07) is 6.76. The van der Waals surface area contributed by atoms with Gasteiger partial charge in [-0.1, -0.05) is 12.6 Å². The number of sulfone groups is 1. The van der Waals surface area contributed by atoms with Gasteiger partial charge in [0.25, 0.3) is 0 Å². The maximum Gasteiger partial charge on any atom is 0.247 e. The fourth-order valence-electron chi connectivity index (χ4n) is 2.41. The van der Waals surface area contributed by atoms with E-state index in [-0.39, 0.29) is 22.6 Å². The van der Waals surface area contributed by atoms with Gasteiger partial charge < -0.3 is 16.0 Å². The van der Waals surface area contributed by atoms with Crippen molar-refractivity contribution in [1.82, 2.24) is 19.7 Å². The Morgan fingerprint density at radius 1 is 1.17 bits per heavy atom. The summed E-state index contributed by atoms with van der Waals surface area (Å²) >= 11 is 0. The van der Waals surface area contributed by atoms with Crippen LogP contribution in [0.5, 0.6) is 0 Å². The van der Waals surface area contributed by atoms with Gasteiger partial charge in [0.15, 0.2) is 15.7 Å². The molecule has 0 atom stereocenters. The number of nitrogens with zero attached hydrogens (tertiary/aromatic N) is 4. The minimum atomic E-state index is -3.59. The lowest BCUT2D eigenvalue weighted by Crippen LogP contribution is -2.09. The van der Waals surface area contributed by atoms with E-state index in [0.717, 1.165) is 12.3 Å². The summed E-state index contributed by atoms with van der Waals surface area (Å²) in [4.78, 5) is 19.8. The molecule has 1 aromatic carbocycles. The molecule has 0 saturated heterocycles. The molecule has 3 aromatic rings. The summed E-state index contributed by atoms with van der Waals surface area (Å²) in [5.41, 5.74) is 1.70. The first-order chi connectivity index (χ1) is 13.7. The number of carbonyl (C=O) groups excluding carboxylic acids is 1. The highest BCUT2D eigenvalue weighted by molar-refractivity contribution is 7.90. The van der Waals surface area contributed by atoms with Crippen molar-refractivity contribution in [1.29, 1.82) is 0 Å². The zero-order chi connectivity index (χ0) is 21.0. The SMILES string of the molecule is C=CC(=O)Nc1cccc(Nc2nc(Nc3cnn(C)c3)ncc2S(C)(=O)=O)c1. The third kappa shape index (κ3) is 5.17. The van der Waals surface area contributed by atoms with Gasteiger partial charge in [-0.3, -0.25) is 9.48 Å². The van der Waals surface area contributed by atoms with Gasteiger partial charge >= 0.3 is 0 Å². The number of benzene rings is 1. The Bertz CT molecular complexity index is 1170. The monoisotopic (exact) mass is 413 g/mol. The molecule has 0 radical (unpaired) electrons. The zero-order valence-electron chi connectivity index (χ0n) is 15.7. The van der Waals surface area contributed by atoms with Crippen LogP contribution in [0.25, 0.3) is 0 Å². The topological polar surface area (TPSA) is 131 Å². The Hall–Kier alpha value is -3.73. The highest BCUT2D eigenvalue weighted by atomic mass is 32.2. The lowest BCUT2D eigenvalue weighted by atomic mass is 10.2. The van der Waals surface area contributed by atoms with Crippen molar-refractivity contribution in [2.24, 2.45) is 7.05 Å². The summed E-state index contributed by atoms with van der Waals surface area (Å²) in [5.74, 6) is -0.0610. The van der Waals surface area contributed by atoms with Crippen LogP contribution in [-0.2, 0) is 21.7 Å².